The van der Waals surface area contributed by atoms with Crippen molar-refractivity contribution in [1.82, 2.24) is 5.32 Å². The molecule has 0 saturated carbocycles. The van der Waals surface area contributed by atoms with Crippen LogP contribution in [0.4, 0.5) is 14.5 Å². The molecule has 0 aliphatic rings. The van der Waals surface area contributed by atoms with E-state index in [1.54, 1.807) is 18.2 Å². The standard InChI is InChI=1S/C18H18F2N2O2/c1-13(23)22(17-4-2-3-16(20)12-17)10-9-21-18(24)11-14-5-7-15(19)8-6-14/h2-8,12H,9-11H2,1H3,(H,21,24). The number of hydrogen-bond donors (Lipinski definition) is 1. The molecule has 0 aromatic heterocycles. The molecule has 0 fully saturated rings. The van der Waals surface area contributed by atoms with Gasteiger partial charge in [0.25, 0.3) is 0 Å². The van der Waals surface area contributed by atoms with E-state index in [-0.39, 0.29) is 37.1 Å². The second-order valence-corrected chi connectivity index (χ2v) is 5.30. The SMILES string of the molecule is CC(=O)N(CCNC(=O)Cc1ccc(F)cc1)c1cccc(F)c1. The Labute approximate surface area is 139 Å². The lowest BCUT2D eigenvalue weighted by atomic mass is 10.1. The number of rotatable bonds is 6. The molecule has 0 atom stereocenters. The van der Waals surface area contributed by atoms with Gasteiger partial charge in [-0.25, -0.2) is 8.78 Å². The van der Waals surface area contributed by atoms with Gasteiger partial charge in [-0.05, 0) is 35.9 Å². The van der Waals surface area contributed by atoms with Gasteiger partial charge in [-0.15, -0.1) is 0 Å². The van der Waals surface area contributed by atoms with Gasteiger partial charge in [0.1, 0.15) is 11.6 Å². The number of nitrogens with zero attached hydrogens (tertiary/aromatic N) is 1. The van der Waals surface area contributed by atoms with Crippen molar-refractivity contribution in [2.75, 3.05) is 18.0 Å². The Bertz CT molecular complexity index is 717. The maximum Gasteiger partial charge on any atom is 0.224 e. The fourth-order valence-corrected chi connectivity index (χ4v) is 2.27. The fraction of sp³-hybridized carbons (Fsp3) is 0.222. The van der Waals surface area contributed by atoms with Crippen LogP contribution in [0.1, 0.15) is 12.5 Å². The molecule has 2 amide bonds. The van der Waals surface area contributed by atoms with Crippen LogP contribution in [-0.2, 0) is 16.0 Å². The van der Waals surface area contributed by atoms with Crippen molar-refractivity contribution < 1.29 is 18.4 Å². The van der Waals surface area contributed by atoms with Gasteiger partial charge in [-0.2, -0.15) is 0 Å². The zero-order chi connectivity index (χ0) is 17.5. The van der Waals surface area contributed by atoms with Gasteiger partial charge in [0.2, 0.25) is 11.8 Å². The third-order valence-electron chi connectivity index (χ3n) is 3.44. The van der Waals surface area contributed by atoms with Crippen molar-refractivity contribution >= 4 is 17.5 Å². The van der Waals surface area contributed by atoms with Gasteiger partial charge in [0, 0.05) is 25.7 Å². The average molecular weight is 332 g/mol. The largest absolute Gasteiger partial charge is 0.354 e. The summed E-state index contributed by atoms with van der Waals surface area (Å²) in [5.74, 6) is -1.26. The highest BCUT2D eigenvalue weighted by Crippen LogP contribution is 2.15. The van der Waals surface area contributed by atoms with E-state index in [1.807, 2.05) is 0 Å². The molecule has 1 N–H and O–H groups in total. The van der Waals surface area contributed by atoms with Gasteiger partial charge in [0.05, 0.1) is 6.42 Å². The number of nitrogens with one attached hydrogen (secondary N) is 1. The van der Waals surface area contributed by atoms with E-state index in [0.29, 0.717) is 11.3 Å². The third-order valence-corrected chi connectivity index (χ3v) is 3.44. The molecule has 126 valence electrons. The fourth-order valence-electron chi connectivity index (χ4n) is 2.27. The Balaban J connectivity index is 1.87. The van der Waals surface area contributed by atoms with Crippen LogP contribution in [0.2, 0.25) is 0 Å². The first kappa shape index (κ1) is 17.6. The minimum Gasteiger partial charge on any atom is -0.354 e. The molecule has 0 aliphatic heterocycles. The first-order valence-electron chi connectivity index (χ1n) is 7.50. The maximum absolute atomic E-state index is 13.3. The lowest BCUT2D eigenvalue weighted by Crippen LogP contribution is -2.38. The predicted molar refractivity (Wildman–Crippen MR) is 87.5 cm³/mol. The Morgan fingerprint density at radius 2 is 1.75 bits per heavy atom. The molecule has 0 unspecified atom stereocenters. The van der Waals surface area contributed by atoms with Crippen LogP contribution in [0.3, 0.4) is 0 Å². The summed E-state index contributed by atoms with van der Waals surface area (Å²) in [6, 6.07) is 11.4. The number of halogens is 2. The monoisotopic (exact) mass is 332 g/mol. The predicted octanol–water partition coefficient (Wildman–Crippen LogP) is 2.68. The second kappa shape index (κ2) is 8.19. The van der Waals surface area contributed by atoms with Crippen LogP contribution in [0.15, 0.2) is 48.5 Å². The highest BCUT2D eigenvalue weighted by atomic mass is 19.1. The van der Waals surface area contributed by atoms with Crippen LogP contribution >= 0.6 is 0 Å². The van der Waals surface area contributed by atoms with Crippen LogP contribution in [0.5, 0.6) is 0 Å². The summed E-state index contributed by atoms with van der Waals surface area (Å²) >= 11 is 0. The zero-order valence-corrected chi connectivity index (χ0v) is 13.3. The summed E-state index contributed by atoms with van der Waals surface area (Å²) in [6.45, 7) is 1.84. The molecule has 0 radical (unpaired) electrons. The molecule has 0 saturated heterocycles. The van der Waals surface area contributed by atoms with E-state index in [1.165, 1.54) is 42.2 Å². The van der Waals surface area contributed by atoms with Crippen molar-refractivity contribution in [3.05, 3.63) is 65.7 Å². The highest BCUT2D eigenvalue weighted by Gasteiger charge is 2.12. The number of amides is 2. The lowest BCUT2D eigenvalue weighted by Gasteiger charge is -2.21. The van der Waals surface area contributed by atoms with E-state index in [9.17, 15) is 18.4 Å². The number of anilines is 1. The van der Waals surface area contributed by atoms with Crippen LogP contribution in [0, 0.1) is 11.6 Å². The van der Waals surface area contributed by atoms with E-state index in [2.05, 4.69) is 5.32 Å². The van der Waals surface area contributed by atoms with Crippen molar-refractivity contribution in [2.45, 2.75) is 13.3 Å². The number of carbonyl (C=O) groups is 2. The first-order valence-corrected chi connectivity index (χ1v) is 7.50. The molecule has 2 rings (SSSR count). The van der Waals surface area contributed by atoms with Crippen LogP contribution in [0.25, 0.3) is 0 Å². The molecule has 0 spiro atoms. The molecule has 2 aromatic rings. The lowest BCUT2D eigenvalue weighted by molar-refractivity contribution is -0.121. The topological polar surface area (TPSA) is 49.4 Å². The van der Waals surface area contributed by atoms with Crippen LogP contribution < -0.4 is 10.2 Å². The highest BCUT2D eigenvalue weighted by molar-refractivity contribution is 5.91. The van der Waals surface area contributed by atoms with Gasteiger partial charge >= 0.3 is 0 Å². The Hall–Kier alpha value is -2.76. The third kappa shape index (κ3) is 5.15. The Morgan fingerprint density at radius 1 is 1.04 bits per heavy atom. The summed E-state index contributed by atoms with van der Waals surface area (Å²) in [6.07, 6.45) is 0.125. The molecule has 6 heteroatoms. The molecule has 0 bridgehead atoms. The molecular formula is C18H18F2N2O2. The Morgan fingerprint density at radius 3 is 2.38 bits per heavy atom. The van der Waals surface area contributed by atoms with Crippen molar-refractivity contribution in [3.63, 3.8) is 0 Å². The normalized spacial score (nSPS) is 10.3. The number of benzene rings is 2. The van der Waals surface area contributed by atoms with Gasteiger partial charge in [-0.1, -0.05) is 18.2 Å². The molecule has 24 heavy (non-hydrogen) atoms. The van der Waals surface area contributed by atoms with E-state index in [4.69, 9.17) is 0 Å². The smallest absolute Gasteiger partial charge is 0.224 e. The summed E-state index contributed by atoms with van der Waals surface area (Å²) < 4.78 is 26.1. The molecular weight excluding hydrogens is 314 g/mol. The van der Waals surface area contributed by atoms with Crippen molar-refractivity contribution in [2.24, 2.45) is 0 Å². The van der Waals surface area contributed by atoms with Crippen molar-refractivity contribution in [1.29, 1.82) is 0 Å². The minimum absolute atomic E-state index is 0.125. The van der Waals surface area contributed by atoms with E-state index in [0.717, 1.165) is 0 Å². The molecule has 0 heterocycles. The van der Waals surface area contributed by atoms with Gasteiger partial charge in [0.15, 0.2) is 0 Å². The summed E-state index contributed by atoms with van der Waals surface area (Å²) in [5.41, 5.74) is 1.14. The quantitative estimate of drug-likeness (QED) is 0.884. The molecule has 4 nitrogen and oxygen atoms in total. The summed E-state index contributed by atoms with van der Waals surface area (Å²) in [4.78, 5) is 25.0. The average Bonchev–Trinajstić information content (AvgIpc) is 2.53. The maximum atomic E-state index is 13.3. The van der Waals surface area contributed by atoms with E-state index >= 15 is 0 Å². The molecule has 0 aliphatic carbocycles. The number of hydrogen-bond acceptors (Lipinski definition) is 2. The second-order valence-electron chi connectivity index (χ2n) is 5.30. The van der Waals surface area contributed by atoms with Crippen molar-refractivity contribution in [3.8, 4) is 0 Å². The summed E-state index contributed by atoms with van der Waals surface area (Å²) in [5, 5.41) is 2.70. The van der Waals surface area contributed by atoms with Gasteiger partial charge in [-0.3, -0.25) is 9.59 Å². The van der Waals surface area contributed by atoms with E-state index < -0.39 is 5.82 Å². The van der Waals surface area contributed by atoms with Gasteiger partial charge < -0.3 is 10.2 Å². The van der Waals surface area contributed by atoms with Crippen LogP contribution in [-0.4, -0.2) is 24.9 Å². The summed E-state index contributed by atoms with van der Waals surface area (Å²) in [7, 11) is 0. The number of carbonyl (C=O) groups excluding carboxylic acids is 2. The minimum atomic E-state index is -0.431. The molecule has 2 aromatic carbocycles. The first-order chi connectivity index (χ1) is 11.5. The Kier molecular flexibility index (Phi) is 6.01. The zero-order valence-electron chi connectivity index (χ0n) is 13.3.